The molecule has 1 saturated heterocycles. The molecule has 2 rings (SSSR count). The number of methoxy groups -OCH3 is 1. The third-order valence-corrected chi connectivity index (χ3v) is 6.00. The average molecular weight is 394 g/mol. The molecule has 0 saturated carbocycles. The van der Waals surface area contributed by atoms with Crippen molar-refractivity contribution in [1.82, 2.24) is 10.0 Å². The molecule has 142 valence electrons. The molecule has 0 amide bonds. The van der Waals surface area contributed by atoms with Crippen LogP contribution in [-0.2, 0) is 14.8 Å². The van der Waals surface area contributed by atoms with Crippen molar-refractivity contribution in [2.24, 2.45) is 5.41 Å². The third-order valence-electron chi connectivity index (χ3n) is 4.41. The monoisotopic (exact) mass is 393 g/mol. The lowest BCUT2D eigenvalue weighted by Crippen LogP contribution is -2.47. The predicted octanol–water partition coefficient (Wildman–Crippen LogP) is 1.62. The number of piperidine rings is 1. The first-order chi connectivity index (χ1) is 11.3. The molecule has 0 aromatic heterocycles. The normalized spacial score (nSPS) is 16.9. The van der Waals surface area contributed by atoms with E-state index in [4.69, 9.17) is 4.74 Å². The van der Waals surface area contributed by atoms with Crippen LogP contribution in [0.15, 0.2) is 23.1 Å². The van der Waals surface area contributed by atoms with Gasteiger partial charge >= 0.3 is 0 Å². The summed E-state index contributed by atoms with van der Waals surface area (Å²) in [5.74, 6) is 0. The van der Waals surface area contributed by atoms with Gasteiger partial charge in [0, 0.05) is 25.1 Å². The molecule has 2 N–H and O–H groups in total. The van der Waals surface area contributed by atoms with Crippen molar-refractivity contribution in [2.45, 2.75) is 24.7 Å². The Kier molecular flexibility index (Phi) is 7.76. The summed E-state index contributed by atoms with van der Waals surface area (Å²) in [5, 5.41) is 14.4. The third kappa shape index (κ3) is 5.11. The zero-order valence-electron chi connectivity index (χ0n) is 14.3. The summed E-state index contributed by atoms with van der Waals surface area (Å²) < 4.78 is 33.2. The van der Waals surface area contributed by atoms with Crippen molar-refractivity contribution in [1.29, 1.82) is 0 Å². The van der Waals surface area contributed by atoms with E-state index in [1.165, 1.54) is 12.1 Å². The summed E-state index contributed by atoms with van der Waals surface area (Å²) in [6.45, 7) is 3.76. The first-order valence-corrected chi connectivity index (χ1v) is 9.23. The molecule has 1 fully saturated rings. The predicted molar refractivity (Wildman–Crippen MR) is 96.7 cm³/mol. The lowest BCUT2D eigenvalue weighted by molar-refractivity contribution is -0.387. The van der Waals surface area contributed by atoms with E-state index < -0.39 is 20.6 Å². The molecule has 0 atom stereocenters. The summed E-state index contributed by atoms with van der Waals surface area (Å²) in [6.07, 6.45) is 1.55. The number of hydrogen-bond donors (Lipinski definition) is 2. The van der Waals surface area contributed by atoms with Gasteiger partial charge in [0.2, 0.25) is 10.0 Å². The van der Waals surface area contributed by atoms with Gasteiger partial charge in [0.05, 0.1) is 11.5 Å². The fourth-order valence-electron chi connectivity index (χ4n) is 3.09. The zero-order valence-corrected chi connectivity index (χ0v) is 15.9. The fraction of sp³-hybridized carbons (Fsp3) is 0.600. The van der Waals surface area contributed by atoms with E-state index in [0.717, 1.165) is 25.9 Å². The van der Waals surface area contributed by atoms with Gasteiger partial charge in [-0.2, -0.15) is 0 Å². The summed E-state index contributed by atoms with van der Waals surface area (Å²) in [7, 11) is -2.40. The van der Waals surface area contributed by atoms with Gasteiger partial charge in [-0.05, 0) is 38.4 Å². The minimum absolute atomic E-state index is 0. The highest BCUT2D eigenvalue weighted by Crippen LogP contribution is 2.31. The number of halogens is 1. The lowest BCUT2D eigenvalue weighted by Gasteiger charge is -2.37. The largest absolute Gasteiger partial charge is 0.384 e. The van der Waals surface area contributed by atoms with Crippen LogP contribution in [-0.4, -0.2) is 46.7 Å². The second-order valence-corrected chi connectivity index (χ2v) is 7.89. The van der Waals surface area contributed by atoms with Crippen molar-refractivity contribution in [3.05, 3.63) is 33.9 Å². The number of nitro benzene ring substituents is 1. The Bertz CT molecular complexity index is 700. The molecular weight excluding hydrogens is 370 g/mol. The van der Waals surface area contributed by atoms with E-state index in [9.17, 15) is 18.5 Å². The van der Waals surface area contributed by atoms with Crippen LogP contribution < -0.4 is 10.0 Å². The number of benzene rings is 1. The second-order valence-electron chi connectivity index (χ2n) is 6.19. The number of nitrogens with zero attached hydrogens (tertiary/aromatic N) is 1. The van der Waals surface area contributed by atoms with Crippen LogP contribution in [0.2, 0.25) is 0 Å². The number of nitro groups is 1. The molecule has 8 nitrogen and oxygen atoms in total. The van der Waals surface area contributed by atoms with E-state index in [-0.39, 0.29) is 29.3 Å². The summed E-state index contributed by atoms with van der Waals surface area (Å²) in [5.41, 5.74) is -0.360. The van der Waals surface area contributed by atoms with Crippen LogP contribution in [0.3, 0.4) is 0 Å². The van der Waals surface area contributed by atoms with Crippen molar-refractivity contribution in [3.63, 3.8) is 0 Å². The van der Waals surface area contributed by atoms with Gasteiger partial charge < -0.3 is 10.1 Å². The van der Waals surface area contributed by atoms with E-state index in [0.29, 0.717) is 12.2 Å². The first kappa shape index (κ1) is 21.8. The van der Waals surface area contributed by atoms with Gasteiger partial charge in [-0.1, -0.05) is 12.1 Å². The molecule has 0 bridgehead atoms. The Balaban J connectivity index is 0.00000312. The van der Waals surface area contributed by atoms with Gasteiger partial charge in [-0.15, -0.1) is 12.4 Å². The molecule has 1 aliphatic heterocycles. The van der Waals surface area contributed by atoms with Gasteiger partial charge in [0.15, 0.2) is 4.90 Å². The van der Waals surface area contributed by atoms with Crippen molar-refractivity contribution >= 4 is 28.1 Å². The van der Waals surface area contributed by atoms with Crippen molar-refractivity contribution < 1.29 is 18.1 Å². The number of rotatable bonds is 7. The molecule has 0 spiro atoms. The highest BCUT2D eigenvalue weighted by atomic mass is 35.5. The summed E-state index contributed by atoms with van der Waals surface area (Å²) >= 11 is 0. The van der Waals surface area contributed by atoms with Crippen LogP contribution in [0.25, 0.3) is 0 Å². The van der Waals surface area contributed by atoms with Crippen molar-refractivity contribution in [3.8, 4) is 0 Å². The second kappa shape index (κ2) is 8.91. The van der Waals surface area contributed by atoms with Crippen LogP contribution in [0.4, 0.5) is 5.69 Å². The molecule has 0 aliphatic carbocycles. The number of ether oxygens (including phenoxy) is 1. The zero-order chi connectivity index (χ0) is 17.8. The maximum atomic E-state index is 12.7. The van der Waals surface area contributed by atoms with Gasteiger partial charge in [0.25, 0.3) is 5.69 Å². The van der Waals surface area contributed by atoms with Crippen LogP contribution in [0, 0.1) is 22.5 Å². The van der Waals surface area contributed by atoms with E-state index in [1.807, 2.05) is 0 Å². The average Bonchev–Trinajstić information content (AvgIpc) is 2.54. The minimum atomic E-state index is -3.99. The summed E-state index contributed by atoms with van der Waals surface area (Å²) in [6, 6.07) is 4.24. The first-order valence-electron chi connectivity index (χ1n) is 7.75. The quantitative estimate of drug-likeness (QED) is 0.538. The van der Waals surface area contributed by atoms with Crippen LogP contribution in [0.1, 0.15) is 18.4 Å². The number of nitrogens with one attached hydrogen (secondary N) is 2. The molecule has 1 heterocycles. The van der Waals surface area contributed by atoms with Crippen LogP contribution >= 0.6 is 12.4 Å². The molecular formula is C15H24ClN3O5S. The van der Waals surface area contributed by atoms with Gasteiger partial charge in [0.1, 0.15) is 0 Å². The maximum Gasteiger partial charge on any atom is 0.289 e. The highest BCUT2D eigenvalue weighted by molar-refractivity contribution is 7.89. The number of aryl methyl sites for hydroxylation is 1. The van der Waals surface area contributed by atoms with E-state index in [2.05, 4.69) is 10.0 Å². The Hall–Kier alpha value is -1.26. The molecule has 1 aromatic rings. The highest BCUT2D eigenvalue weighted by Gasteiger charge is 2.35. The van der Waals surface area contributed by atoms with Crippen molar-refractivity contribution in [2.75, 3.05) is 33.4 Å². The van der Waals surface area contributed by atoms with Gasteiger partial charge in [-0.3, -0.25) is 10.1 Å². The van der Waals surface area contributed by atoms with Crippen LogP contribution in [0.5, 0.6) is 0 Å². The number of sulfonamides is 1. The number of hydrogen-bond acceptors (Lipinski definition) is 6. The topological polar surface area (TPSA) is 111 Å². The molecule has 25 heavy (non-hydrogen) atoms. The Morgan fingerprint density at radius 3 is 2.56 bits per heavy atom. The van der Waals surface area contributed by atoms with E-state index >= 15 is 0 Å². The molecule has 0 unspecified atom stereocenters. The minimum Gasteiger partial charge on any atom is -0.384 e. The maximum absolute atomic E-state index is 12.7. The Labute approximate surface area is 153 Å². The molecule has 1 aliphatic rings. The fourth-order valence-corrected chi connectivity index (χ4v) is 4.64. The Morgan fingerprint density at radius 2 is 2.00 bits per heavy atom. The SMILES string of the molecule is COCC1(CNS(=O)(=O)c2c(C)cccc2[N+](=O)[O-])CCNCC1.Cl. The summed E-state index contributed by atoms with van der Waals surface area (Å²) in [4.78, 5) is 10.2. The Morgan fingerprint density at radius 1 is 1.36 bits per heavy atom. The smallest absolute Gasteiger partial charge is 0.289 e. The molecule has 0 radical (unpaired) electrons. The van der Waals surface area contributed by atoms with E-state index in [1.54, 1.807) is 20.1 Å². The molecule has 10 heteroatoms. The van der Waals surface area contributed by atoms with Gasteiger partial charge in [-0.25, -0.2) is 13.1 Å². The standard InChI is InChI=1S/C15H23N3O5S.ClH/c1-12-4-3-5-13(18(19)20)14(12)24(21,22)17-10-15(11-23-2)6-8-16-9-7-15;/h3-5,16-17H,6-11H2,1-2H3;1H. The molecule has 1 aromatic carbocycles. The lowest BCUT2D eigenvalue weighted by atomic mass is 9.80.